The third-order valence-electron chi connectivity index (χ3n) is 1.82. The van der Waals surface area contributed by atoms with E-state index in [2.05, 4.69) is 5.10 Å². The number of hydrogen-bond donors (Lipinski definition) is 1. The van der Waals surface area contributed by atoms with Crippen molar-refractivity contribution in [2.45, 2.75) is 24.3 Å². The average Bonchev–Trinajstić information content (AvgIpc) is 2.51. The number of aliphatic carboxylic acids is 1. The van der Waals surface area contributed by atoms with Gasteiger partial charge in [-0.1, -0.05) is 0 Å². The minimum Gasteiger partial charge on any atom is -0.481 e. The van der Waals surface area contributed by atoms with Crippen molar-refractivity contribution in [2.24, 2.45) is 0 Å². The molecule has 0 aliphatic heterocycles. The van der Waals surface area contributed by atoms with Crippen molar-refractivity contribution in [1.82, 2.24) is 9.78 Å². The normalized spacial score (nSPS) is 11.5. The number of carboxylic acid groups (broad SMARTS) is 1. The summed E-state index contributed by atoms with van der Waals surface area (Å²) in [6, 6.07) is 0. The maximum absolute atomic E-state index is 11.1. The van der Waals surface area contributed by atoms with Gasteiger partial charge in [0.2, 0.25) is 0 Å². The number of hydrogen-bond acceptors (Lipinski definition) is 4. The van der Waals surface area contributed by atoms with Crippen LogP contribution in [0.1, 0.15) is 12.8 Å². The van der Waals surface area contributed by atoms with Gasteiger partial charge in [-0.05, 0) is 6.42 Å². The summed E-state index contributed by atoms with van der Waals surface area (Å²) < 4.78 is 23.6. The number of nitrogens with zero attached hydrogens (tertiary/aromatic N) is 2. The van der Waals surface area contributed by atoms with Gasteiger partial charge in [0.25, 0.3) is 0 Å². The summed E-state index contributed by atoms with van der Waals surface area (Å²) >= 11 is 0. The van der Waals surface area contributed by atoms with E-state index in [9.17, 15) is 13.2 Å². The molecule has 1 heterocycles. The van der Waals surface area contributed by atoms with Crippen LogP contribution in [0.15, 0.2) is 17.3 Å². The van der Waals surface area contributed by atoms with Crippen molar-refractivity contribution in [3.8, 4) is 0 Å². The molecule has 0 saturated carbocycles. The SMILES string of the molecule is CS(=O)(=O)c1cnn(CCCC(=O)O)c1. The Hall–Kier alpha value is -1.37. The minimum absolute atomic E-state index is 0.0497. The van der Waals surface area contributed by atoms with E-state index in [-0.39, 0.29) is 11.3 Å². The van der Waals surface area contributed by atoms with Gasteiger partial charge in [0, 0.05) is 25.4 Å². The van der Waals surface area contributed by atoms with Gasteiger partial charge in [-0.15, -0.1) is 0 Å². The lowest BCUT2D eigenvalue weighted by molar-refractivity contribution is -0.137. The van der Waals surface area contributed by atoms with E-state index >= 15 is 0 Å². The smallest absolute Gasteiger partial charge is 0.303 e. The van der Waals surface area contributed by atoms with E-state index in [4.69, 9.17) is 5.11 Å². The number of aromatic nitrogens is 2. The van der Waals surface area contributed by atoms with Crippen molar-refractivity contribution in [3.05, 3.63) is 12.4 Å². The van der Waals surface area contributed by atoms with E-state index in [1.54, 1.807) is 0 Å². The molecule has 6 nitrogen and oxygen atoms in total. The predicted octanol–water partition coefficient (Wildman–Crippen LogP) is 0.151. The molecular formula is C8H12N2O4S. The minimum atomic E-state index is -3.22. The molecular weight excluding hydrogens is 220 g/mol. The Bertz CT molecular complexity index is 449. The van der Waals surface area contributed by atoms with Gasteiger partial charge in [-0.2, -0.15) is 5.10 Å². The quantitative estimate of drug-likeness (QED) is 0.780. The van der Waals surface area contributed by atoms with Crippen molar-refractivity contribution < 1.29 is 18.3 Å². The van der Waals surface area contributed by atoms with E-state index < -0.39 is 15.8 Å². The highest BCUT2D eigenvalue weighted by Gasteiger charge is 2.09. The van der Waals surface area contributed by atoms with Crippen LogP contribution in [0.3, 0.4) is 0 Å². The van der Waals surface area contributed by atoms with Crippen LogP contribution < -0.4 is 0 Å². The summed E-state index contributed by atoms with van der Waals surface area (Å²) in [5.74, 6) is -0.870. The standard InChI is InChI=1S/C8H12N2O4S/c1-15(13,14)7-5-9-10(6-7)4-2-3-8(11)12/h5-6H,2-4H2,1H3,(H,11,12). The molecule has 0 aliphatic rings. The molecule has 1 aromatic rings. The first-order chi connectivity index (χ1) is 6.89. The van der Waals surface area contributed by atoms with Gasteiger partial charge in [-0.3, -0.25) is 9.48 Å². The van der Waals surface area contributed by atoms with Crippen LogP contribution in [-0.4, -0.2) is 35.5 Å². The summed E-state index contributed by atoms with van der Waals surface area (Å²) in [4.78, 5) is 10.4. The van der Waals surface area contributed by atoms with Gasteiger partial charge in [-0.25, -0.2) is 8.42 Å². The Balaban J connectivity index is 2.58. The molecule has 0 aromatic carbocycles. The first-order valence-corrected chi connectivity index (χ1v) is 6.23. The molecule has 7 heteroatoms. The fourth-order valence-electron chi connectivity index (χ4n) is 1.05. The third-order valence-corrected chi connectivity index (χ3v) is 2.88. The molecule has 0 fully saturated rings. The molecule has 1 aromatic heterocycles. The zero-order valence-electron chi connectivity index (χ0n) is 8.25. The Labute approximate surface area is 87.4 Å². The number of carbonyl (C=O) groups is 1. The van der Waals surface area contributed by atoms with Crippen LogP contribution >= 0.6 is 0 Å². The number of carboxylic acids is 1. The lowest BCUT2D eigenvalue weighted by atomic mass is 10.3. The van der Waals surface area contributed by atoms with Crippen molar-refractivity contribution in [2.75, 3.05) is 6.26 Å². The van der Waals surface area contributed by atoms with Crippen molar-refractivity contribution >= 4 is 15.8 Å². The zero-order chi connectivity index (χ0) is 11.5. The number of aryl methyl sites for hydroxylation is 1. The van der Waals surface area contributed by atoms with Gasteiger partial charge >= 0.3 is 5.97 Å². The third kappa shape index (κ3) is 3.70. The average molecular weight is 232 g/mol. The molecule has 15 heavy (non-hydrogen) atoms. The van der Waals surface area contributed by atoms with Crippen LogP contribution in [0, 0.1) is 0 Å². The Kier molecular flexibility index (Phi) is 3.46. The second-order valence-corrected chi connectivity index (χ2v) is 5.22. The fourth-order valence-corrected chi connectivity index (χ4v) is 1.60. The molecule has 0 amide bonds. The summed E-state index contributed by atoms with van der Waals surface area (Å²) in [5, 5.41) is 12.2. The van der Waals surface area contributed by atoms with Gasteiger partial charge in [0.15, 0.2) is 9.84 Å². The molecule has 0 aliphatic carbocycles. The highest BCUT2D eigenvalue weighted by Crippen LogP contribution is 2.06. The molecule has 1 rings (SSSR count). The van der Waals surface area contributed by atoms with E-state index in [1.165, 1.54) is 17.1 Å². The summed E-state index contributed by atoms with van der Waals surface area (Å²) in [5.41, 5.74) is 0. The van der Waals surface area contributed by atoms with Gasteiger partial charge in [0.05, 0.1) is 6.20 Å². The van der Waals surface area contributed by atoms with Crippen LogP contribution in [0.4, 0.5) is 0 Å². The van der Waals surface area contributed by atoms with Crippen LogP contribution in [0.25, 0.3) is 0 Å². The number of rotatable bonds is 5. The monoisotopic (exact) mass is 232 g/mol. The van der Waals surface area contributed by atoms with Crippen molar-refractivity contribution in [3.63, 3.8) is 0 Å². The van der Waals surface area contributed by atoms with Crippen LogP contribution in [0.5, 0.6) is 0 Å². The molecule has 0 radical (unpaired) electrons. The molecule has 0 atom stereocenters. The fraction of sp³-hybridized carbons (Fsp3) is 0.500. The second kappa shape index (κ2) is 4.43. The lowest BCUT2D eigenvalue weighted by Crippen LogP contribution is -2.02. The molecule has 0 saturated heterocycles. The second-order valence-electron chi connectivity index (χ2n) is 3.21. The molecule has 0 spiro atoms. The first-order valence-electron chi connectivity index (χ1n) is 4.34. The van der Waals surface area contributed by atoms with E-state index in [0.29, 0.717) is 13.0 Å². The van der Waals surface area contributed by atoms with Gasteiger partial charge < -0.3 is 5.11 Å². The molecule has 0 bridgehead atoms. The maximum Gasteiger partial charge on any atom is 0.303 e. The van der Waals surface area contributed by atoms with E-state index in [0.717, 1.165) is 6.26 Å². The van der Waals surface area contributed by atoms with Crippen LogP contribution in [-0.2, 0) is 21.2 Å². The molecule has 1 N–H and O–H groups in total. The Morgan fingerprint density at radius 3 is 2.73 bits per heavy atom. The highest BCUT2D eigenvalue weighted by atomic mass is 32.2. The predicted molar refractivity (Wildman–Crippen MR) is 52.2 cm³/mol. The largest absolute Gasteiger partial charge is 0.481 e. The summed E-state index contributed by atoms with van der Waals surface area (Å²) in [6.45, 7) is 0.405. The van der Waals surface area contributed by atoms with Gasteiger partial charge in [0.1, 0.15) is 4.90 Å². The highest BCUT2D eigenvalue weighted by molar-refractivity contribution is 7.90. The number of sulfone groups is 1. The Morgan fingerprint density at radius 1 is 1.60 bits per heavy atom. The Morgan fingerprint density at radius 2 is 2.27 bits per heavy atom. The maximum atomic E-state index is 11.1. The summed E-state index contributed by atoms with van der Waals surface area (Å²) in [7, 11) is -3.22. The van der Waals surface area contributed by atoms with Crippen LogP contribution in [0.2, 0.25) is 0 Å². The topological polar surface area (TPSA) is 89.3 Å². The summed E-state index contributed by atoms with van der Waals surface area (Å²) in [6.07, 6.45) is 4.24. The van der Waals surface area contributed by atoms with Crippen molar-refractivity contribution in [1.29, 1.82) is 0 Å². The molecule has 0 unspecified atom stereocenters. The first kappa shape index (κ1) is 11.7. The molecule has 84 valence electrons. The lowest BCUT2D eigenvalue weighted by Gasteiger charge is -1.97. The zero-order valence-corrected chi connectivity index (χ0v) is 9.07. The van der Waals surface area contributed by atoms with E-state index in [1.807, 2.05) is 0 Å².